The monoisotopic (exact) mass is 421 g/mol. The van der Waals surface area contributed by atoms with Gasteiger partial charge in [-0.2, -0.15) is 0 Å². The number of carbonyl (C=O) groups excluding carboxylic acids is 1. The quantitative estimate of drug-likeness (QED) is 0.787. The van der Waals surface area contributed by atoms with E-state index >= 15 is 0 Å². The van der Waals surface area contributed by atoms with Crippen LogP contribution in [0.4, 0.5) is 10.1 Å². The lowest BCUT2D eigenvalue weighted by Gasteiger charge is -2.48. The van der Waals surface area contributed by atoms with Crippen molar-refractivity contribution in [2.75, 3.05) is 24.7 Å². The van der Waals surface area contributed by atoms with Crippen molar-refractivity contribution >= 4 is 11.6 Å². The standard InChI is InChI=1S/C26H32FN3O/c1-19-6-8-20(9-7-19)23-4-2-3-5-24(23)29-16-14-26(15-17-29)25(31)28-18-30(26)22-12-10-21(27)11-13-22/h6-13,23-24H,2-5,14-18H2,1H3,(H,28,31)/t23-,24-/m1/s1. The van der Waals surface area contributed by atoms with Crippen LogP contribution >= 0.6 is 0 Å². The second-order valence-electron chi connectivity index (χ2n) is 9.50. The van der Waals surface area contributed by atoms with Crippen molar-refractivity contribution in [2.45, 2.75) is 62.9 Å². The lowest BCUT2D eigenvalue weighted by Crippen LogP contribution is -2.58. The summed E-state index contributed by atoms with van der Waals surface area (Å²) in [6.07, 6.45) is 6.70. The topological polar surface area (TPSA) is 35.6 Å². The van der Waals surface area contributed by atoms with Crippen LogP contribution in [0.1, 0.15) is 55.6 Å². The van der Waals surface area contributed by atoms with Gasteiger partial charge in [0.25, 0.3) is 0 Å². The largest absolute Gasteiger partial charge is 0.339 e. The Kier molecular flexibility index (Phi) is 5.47. The molecule has 0 unspecified atom stereocenters. The Morgan fingerprint density at radius 1 is 0.968 bits per heavy atom. The molecule has 3 fully saturated rings. The summed E-state index contributed by atoms with van der Waals surface area (Å²) in [5.74, 6) is 0.453. The molecular weight excluding hydrogens is 389 g/mol. The van der Waals surface area contributed by atoms with Gasteiger partial charge in [-0.1, -0.05) is 42.7 Å². The fourth-order valence-corrected chi connectivity index (χ4v) is 6.02. The van der Waals surface area contributed by atoms with E-state index in [0.29, 0.717) is 18.6 Å². The third kappa shape index (κ3) is 3.73. The highest BCUT2D eigenvalue weighted by molar-refractivity contribution is 5.93. The van der Waals surface area contributed by atoms with Crippen molar-refractivity contribution in [2.24, 2.45) is 0 Å². The van der Waals surface area contributed by atoms with Gasteiger partial charge < -0.3 is 10.2 Å². The molecule has 4 nitrogen and oxygen atoms in total. The maximum absolute atomic E-state index is 13.4. The van der Waals surface area contributed by atoms with E-state index in [-0.39, 0.29) is 11.7 Å². The number of halogens is 1. The van der Waals surface area contributed by atoms with Crippen LogP contribution in [0.15, 0.2) is 48.5 Å². The molecule has 1 spiro atoms. The first kappa shape index (κ1) is 20.5. The number of nitrogens with one attached hydrogen (secondary N) is 1. The molecule has 0 aromatic heterocycles. The minimum Gasteiger partial charge on any atom is -0.339 e. The molecule has 2 aliphatic heterocycles. The number of piperidine rings is 1. The Labute approximate surface area is 184 Å². The van der Waals surface area contributed by atoms with E-state index in [4.69, 9.17) is 0 Å². The van der Waals surface area contributed by atoms with Gasteiger partial charge in [-0.05, 0) is 68.4 Å². The number of amides is 1. The highest BCUT2D eigenvalue weighted by Gasteiger charge is 2.51. The molecule has 2 saturated heterocycles. The predicted molar refractivity (Wildman–Crippen MR) is 122 cm³/mol. The van der Waals surface area contributed by atoms with Crippen molar-refractivity contribution in [1.82, 2.24) is 10.2 Å². The van der Waals surface area contributed by atoms with Gasteiger partial charge in [0.2, 0.25) is 5.91 Å². The van der Waals surface area contributed by atoms with E-state index in [1.807, 2.05) is 0 Å². The maximum Gasteiger partial charge on any atom is 0.247 e. The Bertz CT molecular complexity index is 919. The van der Waals surface area contributed by atoms with Crippen LogP contribution in [0.25, 0.3) is 0 Å². The van der Waals surface area contributed by atoms with Crippen molar-refractivity contribution in [1.29, 1.82) is 0 Å². The first-order valence-electron chi connectivity index (χ1n) is 11.7. The van der Waals surface area contributed by atoms with Gasteiger partial charge >= 0.3 is 0 Å². The third-order valence-electron chi connectivity index (χ3n) is 7.80. The molecule has 164 valence electrons. The van der Waals surface area contributed by atoms with Crippen molar-refractivity contribution in [3.05, 3.63) is 65.5 Å². The van der Waals surface area contributed by atoms with Crippen molar-refractivity contribution in [3.8, 4) is 0 Å². The van der Waals surface area contributed by atoms with Crippen molar-refractivity contribution in [3.63, 3.8) is 0 Å². The smallest absolute Gasteiger partial charge is 0.247 e. The molecule has 0 radical (unpaired) electrons. The van der Waals surface area contributed by atoms with Crippen LogP contribution in [0, 0.1) is 12.7 Å². The van der Waals surface area contributed by atoms with Crippen molar-refractivity contribution < 1.29 is 9.18 Å². The van der Waals surface area contributed by atoms with Gasteiger partial charge in [-0.15, -0.1) is 0 Å². The summed E-state index contributed by atoms with van der Waals surface area (Å²) in [6, 6.07) is 16.2. The molecule has 1 amide bonds. The first-order valence-corrected chi connectivity index (χ1v) is 11.7. The van der Waals surface area contributed by atoms with Gasteiger partial charge in [-0.3, -0.25) is 9.69 Å². The number of hydrogen-bond donors (Lipinski definition) is 1. The minimum atomic E-state index is -0.512. The molecule has 31 heavy (non-hydrogen) atoms. The molecule has 3 aliphatic rings. The van der Waals surface area contributed by atoms with Crippen LogP contribution in [0.5, 0.6) is 0 Å². The van der Waals surface area contributed by atoms with E-state index in [9.17, 15) is 9.18 Å². The highest BCUT2D eigenvalue weighted by Crippen LogP contribution is 2.41. The minimum absolute atomic E-state index is 0.121. The average Bonchev–Trinajstić information content (AvgIpc) is 3.11. The third-order valence-corrected chi connectivity index (χ3v) is 7.80. The first-order chi connectivity index (χ1) is 15.1. The fourth-order valence-electron chi connectivity index (χ4n) is 6.02. The second-order valence-corrected chi connectivity index (χ2v) is 9.50. The zero-order valence-electron chi connectivity index (χ0n) is 18.3. The lowest BCUT2D eigenvalue weighted by molar-refractivity contribution is -0.125. The van der Waals surface area contributed by atoms with Gasteiger partial charge in [0.05, 0.1) is 6.67 Å². The molecule has 1 aliphatic carbocycles. The summed E-state index contributed by atoms with van der Waals surface area (Å²) < 4.78 is 13.4. The van der Waals surface area contributed by atoms with Gasteiger partial charge in [0.15, 0.2) is 0 Å². The Hall–Kier alpha value is -2.40. The number of carbonyl (C=O) groups is 1. The number of nitrogens with zero attached hydrogens (tertiary/aromatic N) is 2. The molecule has 0 bridgehead atoms. The number of anilines is 1. The molecular formula is C26H32FN3O. The Balaban J connectivity index is 1.34. The van der Waals surface area contributed by atoms with Gasteiger partial charge in [0.1, 0.15) is 11.4 Å². The Morgan fingerprint density at radius 3 is 2.35 bits per heavy atom. The molecule has 1 N–H and O–H groups in total. The number of likely N-dealkylation sites (tertiary alicyclic amines) is 1. The van der Waals surface area contributed by atoms with E-state index in [0.717, 1.165) is 31.6 Å². The molecule has 2 aromatic carbocycles. The van der Waals surface area contributed by atoms with Gasteiger partial charge in [-0.25, -0.2) is 4.39 Å². The van der Waals surface area contributed by atoms with Gasteiger partial charge in [0, 0.05) is 24.8 Å². The van der Waals surface area contributed by atoms with E-state index < -0.39 is 5.54 Å². The Morgan fingerprint density at radius 2 is 1.65 bits per heavy atom. The zero-order chi connectivity index (χ0) is 21.4. The lowest BCUT2D eigenvalue weighted by atomic mass is 9.77. The summed E-state index contributed by atoms with van der Waals surface area (Å²) in [6.45, 7) is 4.50. The molecule has 5 rings (SSSR count). The van der Waals surface area contributed by atoms with E-state index in [1.165, 1.54) is 48.9 Å². The number of benzene rings is 2. The van der Waals surface area contributed by atoms with E-state index in [2.05, 4.69) is 46.3 Å². The molecule has 1 saturated carbocycles. The van der Waals surface area contributed by atoms with Crippen LogP contribution in [-0.4, -0.2) is 42.1 Å². The SMILES string of the molecule is Cc1ccc([C@H]2CCCC[C@H]2N2CCC3(CC2)C(=O)NCN3c2ccc(F)cc2)cc1. The summed E-state index contributed by atoms with van der Waals surface area (Å²) in [4.78, 5) is 17.8. The van der Waals surface area contributed by atoms with E-state index in [1.54, 1.807) is 12.1 Å². The normalized spacial score (nSPS) is 26.3. The zero-order valence-corrected chi connectivity index (χ0v) is 18.3. The fraction of sp³-hybridized carbons (Fsp3) is 0.500. The summed E-state index contributed by atoms with van der Waals surface area (Å²) in [5, 5.41) is 3.05. The van der Waals surface area contributed by atoms with Crippen LogP contribution in [0.2, 0.25) is 0 Å². The average molecular weight is 422 g/mol. The summed E-state index contributed by atoms with van der Waals surface area (Å²) in [7, 11) is 0. The summed E-state index contributed by atoms with van der Waals surface area (Å²) in [5.41, 5.74) is 3.18. The van der Waals surface area contributed by atoms with Crippen LogP contribution < -0.4 is 10.2 Å². The molecule has 2 heterocycles. The maximum atomic E-state index is 13.4. The number of hydrogen-bond acceptors (Lipinski definition) is 3. The summed E-state index contributed by atoms with van der Waals surface area (Å²) >= 11 is 0. The highest BCUT2D eigenvalue weighted by atomic mass is 19.1. The van der Waals surface area contributed by atoms with Crippen LogP contribution in [-0.2, 0) is 4.79 Å². The second kappa shape index (κ2) is 8.27. The number of rotatable bonds is 3. The molecule has 2 atom stereocenters. The number of aryl methyl sites for hydroxylation is 1. The molecule has 2 aromatic rings. The molecule has 5 heteroatoms. The predicted octanol–water partition coefficient (Wildman–Crippen LogP) is 4.59. The van der Waals surface area contributed by atoms with Crippen LogP contribution in [0.3, 0.4) is 0 Å².